The molecule has 2 N–H and O–H groups in total. The van der Waals surface area contributed by atoms with Gasteiger partial charge in [0.15, 0.2) is 17.6 Å². The molecular weight excluding hydrogens is 427 g/mol. The number of nitrogens with zero attached hydrogens (tertiary/aromatic N) is 3. The Labute approximate surface area is 157 Å². The quantitative estimate of drug-likeness (QED) is 0.420. The first kappa shape index (κ1) is 20.3. The molecule has 0 aliphatic heterocycles. The van der Waals surface area contributed by atoms with E-state index in [4.69, 9.17) is 0 Å². The summed E-state index contributed by atoms with van der Waals surface area (Å²) in [5.74, 6) is -1.11. The van der Waals surface area contributed by atoms with E-state index in [1.807, 2.05) is 24.7 Å². The second kappa shape index (κ2) is 9.55. The van der Waals surface area contributed by atoms with Crippen molar-refractivity contribution in [1.29, 1.82) is 0 Å². The van der Waals surface area contributed by atoms with Crippen LogP contribution in [0.5, 0.6) is 0 Å². The van der Waals surface area contributed by atoms with Gasteiger partial charge < -0.3 is 10.6 Å². The van der Waals surface area contributed by atoms with Crippen LogP contribution in [-0.4, -0.2) is 29.3 Å². The molecule has 1 atom stereocenters. The predicted molar refractivity (Wildman–Crippen MR) is 102 cm³/mol. The van der Waals surface area contributed by atoms with Crippen molar-refractivity contribution < 1.29 is 8.78 Å². The van der Waals surface area contributed by atoms with Crippen molar-refractivity contribution in [3.63, 3.8) is 0 Å². The predicted octanol–water partition coefficient (Wildman–Crippen LogP) is 3.01. The first-order valence-corrected chi connectivity index (χ1v) is 7.41. The van der Waals surface area contributed by atoms with Crippen molar-refractivity contribution in [3.8, 4) is 0 Å². The first-order valence-electron chi connectivity index (χ1n) is 7.41. The summed E-state index contributed by atoms with van der Waals surface area (Å²) >= 11 is 0. The van der Waals surface area contributed by atoms with Crippen LogP contribution in [0.2, 0.25) is 0 Å². The third-order valence-electron chi connectivity index (χ3n) is 3.42. The van der Waals surface area contributed by atoms with Gasteiger partial charge in [-0.1, -0.05) is 6.07 Å². The van der Waals surface area contributed by atoms with Crippen LogP contribution < -0.4 is 10.6 Å². The lowest BCUT2D eigenvalue weighted by molar-refractivity contribution is 0.504. The lowest BCUT2D eigenvalue weighted by Gasteiger charge is -2.18. The molecule has 2 aromatic rings. The summed E-state index contributed by atoms with van der Waals surface area (Å²) in [5.41, 5.74) is 1.76. The average molecular weight is 449 g/mol. The smallest absolute Gasteiger partial charge is 0.191 e. The largest absolute Gasteiger partial charge is 0.355 e. The number of hydrogen-bond donors (Lipinski definition) is 2. The fraction of sp³-hybridized carbons (Fsp3) is 0.375. The summed E-state index contributed by atoms with van der Waals surface area (Å²) in [5, 5.41) is 10.5. The van der Waals surface area contributed by atoms with E-state index < -0.39 is 11.6 Å². The second-order valence-electron chi connectivity index (χ2n) is 5.32. The van der Waals surface area contributed by atoms with Crippen LogP contribution in [0.3, 0.4) is 0 Å². The summed E-state index contributed by atoms with van der Waals surface area (Å²) in [7, 11) is 1.66. The zero-order chi connectivity index (χ0) is 16.8. The number of benzene rings is 1. The van der Waals surface area contributed by atoms with Crippen LogP contribution in [-0.2, 0) is 6.54 Å². The zero-order valence-corrected chi connectivity index (χ0v) is 16.2. The van der Waals surface area contributed by atoms with Gasteiger partial charge in [0.25, 0.3) is 0 Å². The molecule has 5 nitrogen and oxygen atoms in total. The van der Waals surface area contributed by atoms with Crippen LogP contribution >= 0.6 is 24.0 Å². The molecule has 132 valence electrons. The third-order valence-corrected chi connectivity index (χ3v) is 3.42. The van der Waals surface area contributed by atoms with Crippen LogP contribution in [0.15, 0.2) is 35.6 Å². The lowest BCUT2D eigenvalue weighted by Crippen LogP contribution is -2.40. The van der Waals surface area contributed by atoms with Gasteiger partial charge in [-0.15, -0.1) is 24.0 Å². The normalized spacial score (nSPS) is 12.5. The highest BCUT2D eigenvalue weighted by Crippen LogP contribution is 2.15. The number of halogens is 3. The van der Waals surface area contributed by atoms with Gasteiger partial charge in [-0.2, -0.15) is 5.10 Å². The van der Waals surface area contributed by atoms with E-state index in [0.717, 1.165) is 11.6 Å². The minimum atomic E-state index is -0.854. The molecule has 0 saturated carbocycles. The third kappa shape index (κ3) is 5.73. The minimum Gasteiger partial charge on any atom is -0.355 e. The molecule has 0 aliphatic rings. The minimum absolute atomic E-state index is 0. The van der Waals surface area contributed by atoms with Crippen molar-refractivity contribution in [2.45, 2.75) is 26.4 Å². The lowest BCUT2D eigenvalue weighted by atomic mass is 10.1. The van der Waals surface area contributed by atoms with E-state index in [2.05, 4.69) is 20.7 Å². The van der Waals surface area contributed by atoms with E-state index in [1.165, 1.54) is 6.07 Å². The number of aliphatic imine (C=N–C) groups is 1. The van der Waals surface area contributed by atoms with E-state index in [0.29, 0.717) is 24.6 Å². The Morgan fingerprint density at radius 2 is 2.08 bits per heavy atom. The fourth-order valence-corrected chi connectivity index (χ4v) is 2.14. The van der Waals surface area contributed by atoms with Crippen molar-refractivity contribution in [3.05, 3.63) is 53.4 Å². The maximum Gasteiger partial charge on any atom is 0.191 e. The maximum atomic E-state index is 13.3. The monoisotopic (exact) mass is 449 g/mol. The molecule has 1 aromatic carbocycles. The molecule has 8 heteroatoms. The number of hydrogen-bond acceptors (Lipinski definition) is 2. The molecule has 2 rings (SSSR count). The van der Waals surface area contributed by atoms with E-state index in [-0.39, 0.29) is 30.0 Å². The Balaban J connectivity index is 0.00000288. The number of nitrogens with one attached hydrogen (secondary N) is 2. The molecule has 24 heavy (non-hydrogen) atoms. The van der Waals surface area contributed by atoms with Crippen LogP contribution in [0, 0.1) is 18.6 Å². The van der Waals surface area contributed by atoms with Gasteiger partial charge in [0.05, 0.1) is 18.8 Å². The molecule has 0 aliphatic carbocycles. The molecule has 0 bridgehead atoms. The number of rotatable bonds is 5. The molecule has 0 saturated heterocycles. The maximum absolute atomic E-state index is 13.3. The van der Waals surface area contributed by atoms with Crippen LogP contribution in [0.25, 0.3) is 0 Å². The van der Waals surface area contributed by atoms with Crippen molar-refractivity contribution in [1.82, 2.24) is 20.4 Å². The second-order valence-corrected chi connectivity index (χ2v) is 5.32. The molecule has 1 unspecified atom stereocenters. The van der Waals surface area contributed by atoms with E-state index in [1.54, 1.807) is 19.3 Å². The Morgan fingerprint density at radius 1 is 1.33 bits per heavy atom. The van der Waals surface area contributed by atoms with Gasteiger partial charge in [0.1, 0.15) is 0 Å². The molecule has 1 aromatic heterocycles. The van der Waals surface area contributed by atoms with Gasteiger partial charge in [0.2, 0.25) is 0 Å². The highest BCUT2D eigenvalue weighted by molar-refractivity contribution is 14.0. The number of aromatic nitrogens is 2. The molecular formula is C16H22F2IN5. The van der Waals surface area contributed by atoms with Crippen LogP contribution in [0.4, 0.5) is 8.78 Å². The Bertz CT molecular complexity index is 687. The van der Waals surface area contributed by atoms with E-state index >= 15 is 0 Å². The average Bonchev–Trinajstić information content (AvgIpc) is 2.94. The molecule has 0 radical (unpaired) electrons. The Hall–Kier alpha value is -1.71. The molecule has 0 amide bonds. The Kier molecular flexibility index (Phi) is 8.09. The van der Waals surface area contributed by atoms with Crippen molar-refractivity contribution in [2.24, 2.45) is 4.99 Å². The topological polar surface area (TPSA) is 54.2 Å². The van der Waals surface area contributed by atoms with Crippen molar-refractivity contribution >= 4 is 29.9 Å². The molecule has 0 spiro atoms. The number of aryl methyl sites for hydroxylation is 1. The van der Waals surface area contributed by atoms with Crippen molar-refractivity contribution in [2.75, 3.05) is 13.6 Å². The zero-order valence-electron chi connectivity index (χ0n) is 13.9. The summed E-state index contributed by atoms with van der Waals surface area (Å²) in [6, 6.07) is 3.66. The summed E-state index contributed by atoms with van der Waals surface area (Å²) in [6.45, 7) is 5.19. The standard InChI is InChI=1S/C16H21F2N5.HI/c1-11-9-21-23(10-11)7-6-20-16(19-3)22-12(2)13-4-5-14(17)15(18)8-13;/h4-5,8-10,12H,6-7H2,1-3H3,(H2,19,20,22);1H. The van der Waals surface area contributed by atoms with Gasteiger partial charge in [-0.25, -0.2) is 8.78 Å². The summed E-state index contributed by atoms with van der Waals surface area (Å²) in [4.78, 5) is 4.13. The van der Waals surface area contributed by atoms with Gasteiger partial charge in [0, 0.05) is 19.8 Å². The highest BCUT2D eigenvalue weighted by Gasteiger charge is 2.10. The molecule has 0 fully saturated rings. The number of guanidine groups is 1. The van der Waals surface area contributed by atoms with Gasteiger partial charge in [-0.3, -0.25) is 9.67 Å². The fourth-order valence-electron chi connectivity index (χ4n) is 2.14. The van der Waals surface area contributed by atoms with Crippen LogP contribution in [0.1, 0.15) is 24.1 Å². The highest BCUT2D eigenvalue weighted by atomic mass is 127. The molecule has 1 heterocycles. The summed E-state index contributed by atoms with van der Waals surface area (Å²) < 4.78 is 28.1. The summed E-state index contributed by atoms with van der Waals surface area (Å²) in [6.07, 6.45) is 3.76. The van der Waals surface area contributed by atoms with E-state index in [9.17, 15) is 8.78 Å². The Morgan fingerprint density at radius 3 is 2.67 bits per heavy atom. The van der Waals surface area contributed by atoms with Gasteiger partial charge >= 0.3 is 0 Å². The SMILES string of the molecule is CN=C(NCCn1cc(C)cn1)NC(C)c1ccc(F)c(F)c1.I. The first-order chi connectivity index (χ1) is 11.0. The van der Waals surface area contributed by atoms with Gasteiger partial charge in [-0.05, 0) is 37.1 Å².